The molecule has 0 amide bonds. The van der Waals surface area contributed by atoms with Gasteiger partial charge in [-0.1, -0.05) is 0 Å². The van der Waals surface area contributed by atoms with E-state index in [4.69, 9.17) is 0 Å². The zero-order valence-electron chi connectivity index (χ0n) is 2.94. The van der Waals surface area contributed by atoms with Crippen molar-refractivity contribution in [2.45, 2.75) is 0 Å². The third-order valence-electron chi connectivity index (χ3n) is 0.347. The molecule has 0 saturated heterocycles. The molecule has 0 bridgehead atoms. The van der Waals surface area contributed by atoms with Crippen molar-refractivity contribution >= 4 is 0 Å². The molecule has 0 aromatic carbocycles. The monoisotopic (exact) mass is 125 g/mol. The molecule has 0 N–H and O–H groups in total. The van der Waals surface area contributed by atoms with E-state index < -0.39 is 0 Å². The largest absolute Gasteiger partial charge is 0.452 e. The molecule has 0 aliphatic rings. The third-order valence-corrected chi connectivity index (χ3v) is 0.347. The summed E-state index contributed by atoms with van der Waals surface area (Å²) in [5.41, 5.74) is 0. The van der Waals surface area contributed by atoms with E-state index in [2.05, 4.69) is 9.40 Å². The van der Waals surface area contributed by atoms with Crippen LogP contribution in [0, 0.1) is 0 Å². The van der Waals surface area contributed by atoms with Crippen LogP contribution in [0.15, 0.2) is 23.3 Å². The molecule has 1 aromatic rings. The second-order valence-corrected chi connectivity index (χ2v) is 0.676. The van der Waals surface area contributed by atoms with Gasteiger partial charge in [-0.05, 0) is 0 Å². The minimum Gasteiger partial charge on any atom is -0.452 e. The maximum absolute atomic E-state index is 4.47. The van der Waals surface area contributed by atoms with Gasteiger partial charge in [0.05, 0.1) is 6.20 Å². The van der Waals surface area contributed by atoms with Crippen LogP contribution in [0.1, 0.15) is 0 Å². The van der Waals surface area contributed by atoms with Gasteiger partial charge < -0.3 is 4.42 Å². The third kappa shape index (κ3) is 1.24. The van der Waals surface area contributed by atoms with Crippen LogP contribution in [-0.2, 0) is 17.1 Å². The quantitative estimate of drug-likeness (QED) is 0.476. The fourth-order valence-electron chi connectivity index (χ4n) is 0.176. The van der Waals surface area contributed by atoms with Crippen LogP contribution in [0.3, 0.4) is 0 Å². The van der Waals surface area contributed by atoms with Crippen LogP contribution >= 0.6 is 0 Å². The summed E-state index contributed by atoms with van der Waals surface area (Å²) in [6.07, 6.45) is 4.47. The van der Waals surface area contributed by atoms with Gasteiger partial charge in [-0.15, -0.1) is 0 Å². The molecular formula is C3H3FeNO. The van der Waals surface area contributed by atoms with E-state index in [0.717, 1.165) is 0 Å². The molecule has 1 heterocycles. The van der Waals surface area contributed by atoms with E-state index in [0.29, 0.717) is 0 Å². The van der Waals surface area contributed by atoms with E-state index in [9.17, 15) is 0 Å². The van der Waals surface area contributed by atoms with Gasteiger partial charge in [-0.3, -0.25) is 0 Å². The van der Waals surface area contributed by atoms with Crippen molar-refractivity contribution in [1.29, 1.82) is 0 Å². The first-order chi connectivity index (χ1) is 2.50. The summed E-state index contributed by atoms with van der Waals surface area (Å²) in [4.78, 5) is 3.56. The molecule has 0 fully saturated rings. The van der Waals surface area contributed by atoms with Crippen LogP contribution in [0.5, 0.6) is 0 Å². The predicted molar refractivity (Wildman–Crippen MR) is 16.5 cm³/mol. The minimum atomic E-state index is 0. The zero-order chi connectivity index (χ0) is 3.54. The van der Waals surface area contributed by atoms with E-state index in [1.807, 2.05) is 0 Å². The molecule has 0 spiro atoms. The van der Waals surface area contributed by atoms with Crippen molar-refractivity contribution in [2.24, 2.45) is 0 Å². The van der Waals surface area contributed by atoms with Crippen LogP contribution in [0.4, 0.5) is 0 Å². The average Bonchev–Trinajstić information content (AvgIpc) is 1.76. The average molecular weight is 125 g/mol. The molecule has 0 saturated carbocycles. The first-order valence-corrected chi connectivity index (χ1v) is 1.32. The van der Waals surface area contributed by atoms with Gasteiger partial charge in [0.1, 0.15) is 6.26 Å². The molecule has 1 rings (SSSR count). The number of hydrogen-bond acceptors (Lipinski definition) is 2. The summed E-state index contributed by atoms with van der Waals surface area (Å²) in [7, 11) is 0. The maximum atomic E-state index is 4.47. The van der Waals surface area contributed by atoms with E-state index >= 15 is 0 Å². The Morgan fingerprint density at radius 1 is 1.50 bits per heavy atom. The van der Waals surface area contributed by atoms with Crippen LogP contribution in [-0.4, -0.2) is 4.98 Å². The molecule has 0 aliphatic carbocycles. The van der Waals surface area contributed by atoms with Gasteiger partial charge in [0.2, 0.25) is 0 Å². The standard InChI is InChI=1S/C3H3NO.Fe/c1-2-5-3-4-1;/h1-3H;. The van der Waals surface area contributed by atoms with Gasteiger partial charge in [-0.25, -0.2) is 4.98 Å². The molecule has 0 atom stereocenters. The Kier molecular flexibility index (Phi) is 2.81. The molecule has 3 heteroatoms. The van der Waals surface area contributed by atoms with Crippen molar-refractivity contribution in [3.8, 4) is 0 Å². The number of oxazole rings is 1. The maximum Gasteiger partial charge on any atom is 0.180 e. The summed E-state index contributed by atoms with van der Waals surface area (Å²) in [6, 6.07) is 0. The molecule has 0 radical (unpaired) electrons. The van der Waals surface area contributed by atoms with Crippen molar-refractivity contribution in [2.75, 3.05) is 0 Å². The van der Waals surface area contributed by atoms with Crippen molar-refractivity contribution < 1.29 is 21.5 Å². The van der Waals surface area contributed by atoms with Gasteiger partial charge in [0.15, 0.2) is 6.39 Å². The van der Waals surface area contributed by atoms with E-state index in [-0.39, 0.29) is 17.1 Å². The van der Waals surface area contributed by atoms with Gasteiger partial charge >= 0.3 is 0 Å². The smallest absolute Gasteiger partial charge is 0.180 e. The van der Waals surface area contributed by atoms with Gasteiger partial charge in [0, 0.05) is 17.1 Å². The molecular weight excluding hydrogens is 122 g/mol. The Labute approximate surface area is 46.0 Å². The number of aromatic nitrogens is 1. The Morgan fingerprint density at radius 3 is 2.50 bits per heavy atom. The molecule has 2 nitrogen and oxygen atoms in total. The van der Waals surface area contributed by atoms with E-state index in [1.54, 1.807) is 6.20 Å². The van der Waals surface area contributed by atoms with Crippen molar-refractivity contribution in [3.63, 3.8) is 0 Å². The summed E-state index contributed by atoms with van der Waals surface area (Å²) in [6.45, 7) is 0. The molecule has 0 unspecified atom stereocenters. The molecule has 34 valence electrons. The van der Waals surface area contributed by atoms with Gasteiger partial charge in [0.25, 0.3) is 0 Å². The fourth-order valence-corrected chi connectivity index (χ4v) is 0.176. The molecule has 0 aliphatic heterocycles. The summed E-state index contributed by atoms with van der Waals surface area (Å²) in [5, 5.41) is 0. The van der Waals surface area contributed by atoms with Crippen LogP contribution in [0.2, 0.25) is 0 Å². The Bertz CT molecular complexity index is 67.3. The molecule has 1 aromatic heterocycles. The number of nitrogens with zero attached hydrogens (tertiary/aromatic N) is 1. The summed E-state index contributed by atoms with van der Waals surface area (Å²) in [5.74, 6) is 0. The normalized spacial score (nSPS) is 6.67. The van der Waals surface area contributed by atoms with Crippen LogP contribution < -0.4 is 0 Å². The SMILES string of the molecule is [Fe].c1cocn1. The van der Waals surface area contributed by atoms with Crippen LogP contribution in [0.25, 0.3) is 0 Å². The second kappa shape index (κ2) is 2.94. The molecule has 6 heavy (non-hydrogen) atoms. The minimum absolute atomic E-state index is 0. The second-order valence-electron chi connectivity index (χ2n) is 0.676. The number of hydrogen-bond donors (Lipinski definition) is 0. The first-order valence-electron chi connectivity index (χ1n) is 1.32. The first kappa shape index (κ1) is 5.73. The topological polar surface area (TPSA) is 26.0 Å². The Hall–Kier alpha value is -0.271. The van der Waals surface area contributed by atoms with Gasteiger partial charge in [-0.2, -0.15) is 0 Å². The predicted octanol–water partition coefficient (Wildman–Crippen LogP) is 0.672. The summed E-state index contributed by atoms with van der Waals surface area (Å²) < 4.78 is 4.47. The van der Waals surface area contributed by atoms with Crippen molar-refractivity contribution in [3.05, 3.63) is 18.9 Å². The summed E-state index contributed by atoms with van der Waals surface area (Å²) >= 11 is 0. The Morgan fingerprint density at radius 2 is 2.33 bits per heavy atom. The fraction of sp³-hybridized carbons (Fsp3) is 0. The Balaban J connectivity index is 0.000000250. The van der Waals surface area contributed by atoms with Crippen molar-refractivity contribution in [1.82, 2.24) is 4.98 Å². The number of rotatable bonds is 0. The van der Waals surface area contributed by atoms with E-state index in [1.165, 1.54) is 12.7 Å². The zero-order valence-corrected chi connectivity index (χ0v) is 4.05.